The van der Waals surface area contributed by atoms with Crippen LogP contribution in [0.3, 0.4) is 0 Å². The maximum atomic E-state index is 12.1. The van der Waals surface area contributed by atoms with Crippen LogP contribution in [-0.2, 0) is 0 Å². The van der Waals surface area contributed by atoms with Crippen molar-refractivity contribution in [2.75, 3.05) is 12.1 Å². The number of fused-ring (bicyclic) bond motifs is 1. The van der Waals surface area contributed by atoms with E-state index in [1.54, 1.807) is 18.2 Å². The molecule has 2 aromatic rings. The van der Waals surface area contributed by atoms with Crippen molar-refractivity contribution in [1.29, 1.82) is 0 Å². The highest BCUT2D eigenvalue weighted by molar-refractivity contribution is 6.04. The van der Waals surface area contributed by atoms with Gasteiger partial charge >= 0.3 is 6.36 Å². The summed E-state index contributed by atoms with van der Waals surface area (Å²) in [6.45, 7) is 0.118. The Hall–Kier alpha value is -2.90. The van der Waals surface area contributed by atoms with Gasteiger partial charge in [0.25, 0.3) is 5.91 Å². The molecule has 1 N–H and O–H groups in total. The molecule has 0 bridgehead atoms. The fourth-order valence-electron chi connectivity index (χ4n) is 1.99. The van der Waals surface area contributed by atoms with Crippen molar-refractivity contribution < 1.29 is 32.2 Å². The van der Waals surface area contributed by atoms with Crippen molar-refractivity contribution in [3.63, 3.8) is 0 Å². The van der Waals surface area contributed by atoms with Crippen molar-refractivity contribution in [2.24, 2.45) is 0 Å². The van der Waals surface area contributed by atoms with Crippen LogP contribution in [0.25, 0.3) is 0 Å². The lowest BCUT2D eigenvalue weighted by Crippen LogP contribution is -2.17. The van der Waals surface area contributed by atoms with Crippen molar-refractivity contribution in [3.8, 4) is 17.2 Å². The fourth-order valence-corrected chi connectivity index (χ4v) is 1.99. The second-order valence-corrected chi connectivity index (χ2v) is 4.59. The summed E-state index contributed by atoms with van der Waals surface area (Å²) >= 11 is 0. The summed E-state index contributed by atoms with van der Waals surface area (Å²) in [6, 6.07) is 9.50. The van der Waals surface area contributed by atoms with E-state index >= 15 is 0 Å². The number of alkyl halides is 3. The van der Waals surface area contributed by atoms with Gasteiger partial charge in [-0.1, -0.05) is 0 Å². The van der Waals surface area contributed by atoms with E-state index in [4.69, 9.17) is 9.47 Å². The Morgan fingerprint density at radius 1 is 1.04 bits per heavy atom. The van der Waals surface area contributed by atoms with E-state index in [0.29, 0.717) is 17.2 Å². The number of hydrogen-bond acceptors (Lipinski definition) is 4. The van der Waals surface area contributed by atoms with Gasteiger partial charge < -0.3 is 19.5 Å². The number of nitrogens with one attached hydrogen (secondary N) is 1. The Morgan fingerprint density at radius 3 is 2.43 bits per heavy atom. The lowest BCUT2D eigenvalue weighted by atomic mass is 10.2. The normalized spacial score (nSPS) is 12.8. The first-order chi connectivity index (χ1) is 10.9. The standard InChI is InChI=1S/C15H10F3NO4/c16-15(17,18)23-11-4-1-9(2-5-11)14(20)19-10-3-6-12-13(7-10)22-8-21-12/h1-7H,8H2,(H,19,20). The molecule has 0 atom stereocenters. The number of carbonyl (C=O) groups excluding carboxylic acids is 1. The number of anilines is 1. The zero-order chi connectivity index (χ0) is 16.4. The van der Waals surface area contributed by atoms with Gasteiger partial charge in [0.2, 0.25) is 6.79 Å². The van der Waals surface area contributed by atoms with Gasteiger partial charge in [-0.25, -0.2) is 0 Å². The van der Waals surface area contributed by atoms with Crippen molar-refractivity contribution in [2.45, 2.75) is 6.36 Å². The summed E-state index contributed by atoms with van der Waals surface area (Å²) in [5.74, 6) is 0.230. The molecule has 0 unspecified atom stereocenters. The lowest BCUT2D eigenvalue weighted by Gasteiger charge is -2.09. The third-order valence-corrected chi connectivity index (χ3v) is 2.98. The molecule has 1 heterocycles. The lowest BCUT2D eigenvalue weighted by molar-refractivity contribution is -0.274. The molecule has 0 saturated carbocycles. The monoisotopic (exact) mass is 325 g/mol. The average molecular weight is 325 g/mol. The molecule has 3 rings (SSSR count). The van der Waals surface area contributed by atoms with Crippen molar-refractivity contribution >= 4 is 11.6 Å². The summed E-state index contributed by atoms with van der Waals surface area (Å²) in [7, 11) is 0. The Labute approximate surface area is 128 Å². The molecule has 0 saturated heterocycles. The van der Waals surface area contributed by atoms with Crippen LogP contribution in [0.2, 0.25) is 0 Å². The number of hydrogen-bond donors (Lipinski definition) is 1. The van der Waals surface area contributed by atoms with Crippen LogP contribution < -0.4 is 19.5 Å². The number of carbonyl (C=O) groups is 1. The third kappa shape index (κ3) is 3.65. The predicted octanol–water partition coefficient (Wildman–Crippen LogP) is 3.57. The fraction of sp³-hybridized carbons (Fsp3) is 0.133. The van der Waals surface area contributed by atoms with Crippen LogP contribution in [-0.4, -0.2) is 19.1 Å². The van der Waals surface area contributed by atoms with E-state index in [9.17, 15) is 18.0 Å². The van der Waals surface area contributed by atoms with Gasteiger partial charge in [-0.15, -0.1) is 13.2 Å². The summed E-state index contributed by atoms with van der Waals surface area (Å²) in [5.41, 5.74) is 0.673. The first-order valence-electron chi connectivity index (χ1n) is 6.47. The molecule has 5 nitrogen and oxygen atoms in total. The van der Waals surface area contributed by atoms with Crippen LogP contribution in [0.4, 0.5) is 18.9 Å². The SMILES string of the molecule is O=C(Nc1ccc2c(c1)OCO2)c1ccc(OC(F)(F)F)cc1. The number of rotatable bonds is 3. The zero-order valence-electron chi connectivity index (χ0n) is 11.5. The Balaban J connectivity index is 1.68. The zero-order valence-corrected chi connectivity index (χ0v) is 11.5. The van der Waals surface area contributed by atoms with Gasteiger partial charge in [-0.05, 0) is 36.4 Å². The van der Waals surface area contributed by atoms with Crippen molar-refractivity contribution in [1.82, 2.24) is 0 Å². The highest BCUT2D eigenvalue weighted by Gasteiger charge is 2.31. The Morgan fingerprint density at radius 2 is 1.74 bits per heavy atom. The van der Waals surface area contributed by atoms with E-state index in [1.165, 1.54) is 12.1 Å². The molecule has 23 heavy (non-hydrogen) atoms. The van der Waals surface area contributed by atoms with E-state index in [1.807, 2.05) is 0 Å². The molecule has 0 aliphatic carbocycles. The summed E-state index contributed by atoms with van der Waals surface area (Å²) in [6.07, 6.45) is -4.77. The molecule has 0 aromatic heterocycles. The minimum absolute atomic E-state index is 0.118. The number of benzene rings is 2. The van der Waals surface area contributed by atoms with Gasteiger partial charge in [-0.3, -0.25) is 4.79 Å². The Bertz CT molecular complexity index is 728. The van der Waals surface area contributed by atoms with Crippen molar-refractivity contribution in [3.05, 3.63) is 48.0 Å². The molecular formula is C15H10F3NO4. The topological polar surface area (TPSA) is 56.8 Å². The van der Waals surface area contributed by atoms with E-state index in [2.05, 4.69) is 10.1 Å². The summed E-state index contributed by atoms with van der Waals surface area (Å²) in [4.78, 5) is 12.1. The van der Waals surface area contributed by atoms with Crippen LogP contribution >= 0.6 is 0 Å². The molecule has 1 amide bonds. The van der Waals surface area contributed by atoms with Crippen LogP contribution in [0, 0.1) is 0 Å². The largest absolute Gasteiger partial charge is 0.573 e. The van der Waals surface area contributed by atoms with Crippen LogP contribution in [0.15, 0.2) is 42.5 Å². The van der Waals surface area contributed by atoms with E-state index < -0.39 is 18.0 Å². The first kappa shape index (κ1) is 15.0. The highest BCUT2D eigenvalue weighted by Crippen LogP contribution is 2.34. The molecule has 2 aromatic carbocycles. The van der Waals surface area contributed by atoms with E-state index in [-0.39, 0.29) is 12.4 Å². The molecule has 0 radical (unpaired) electrons. The maximum absolute atomic E-state index is 12.1. The molecule has 0 fully saturated rings. The van der Waals surface area contributed by atoms with Gasteiger partial charge in [0.15, 0.2) is 11.5 Å². The second kappa shape index (κ2) is 5.71. The molecule has 0 spiro atoms. The van der Waals surface area contributed by atoms with Crippen LogP contribution in [0.1, 0.15) is 10.4 Å². The van der Waals surface area contributed by atoms with E-state index in [0.717, 1.165) is 12.1 Å². The number of ether oxygens (including phenoxy) is 3. The third-order valence-electron chi connectivity index (χ3n) is 2.98. The molecule has 1 aliphatic rings. The second-order valence-electron chi connectivity index (χ2n) is 4.59. The van der Waals surface area contributed by atoms with Gasteiger partial charge in [-0.2, -0.15) is 0 Å². The molecule has 1 aliphatic heterocycles. The smallest absolute Gasteiger partial charge is 0.454 e. The van der Waals surface area contributed by atoms with Crippen LogP contribution in [0.5, 0.6) is 17.2 Å². The molecule has 120 valence electrons. The summed E-state index contributed by atoms with van der Waals surface area (Å²) in [5, 5.41) is 2.62. The average Bonchev–Trinajstić information content (AvgIpc) is 2.94. The quantitative estimate of drug-likeness (QED) is 0.937. The molecule has 8 heteroatoms. The molecular weight excluding hydrogens is 315 g/mol. The maximum Gasteiger partial charge on any atom is 0.573 e. The minimum atomic E-state index is -4.77. The summed E-state index contributed by atoms with van der Waals surface area (Å²) < 4.78 is 50.3. The van der Waals surface area contributed by atoms with Gasteiger partial charge in [0.1, 0.15) is 5.75 Å². The number of amides is 1. The minimum Gasteiger partial charge on any atom is -0.454 e. The Kier molecular flexibility index (Phi) is 3.73. The number of halogens is 3. The highest BCUT2D eigenvalue weighted by atomic mass is 19.4. The van der Waals surface area contributed by atoms with Gasteiger partial charge in [0, 0.05) is 17.3 Å². The van der Waals surface area contributed by atoms with Gasteiger partial charge in [0.05, 0.1) is 0 Å². The first-order valence-corrected chi connectivity index (χ1v) is 6.47. The predicted molar refractivity (Wildman–Crippen MR) is 73.6 cm³/mol.